The van der Waals surface area contributed by atoms with E-state index in [1.165, 1.54) is 18.0 Å². The number of carbonyl (C=O) groups excluding carboxylic acids is 1. The molecule has 9 nitrogen and oxygen atoms in total. The van der Waals surface area contributed by atoms with E-state index in [1.54, 1.807) is 49.6 Å². The van der Waals surface area contributed by atoms with Gasteiger partial charge < -0.3 is 20.9 Å². The van der Waals surface area contributed by atoms with Gasteiger partial charge in [0.05, 0.1) is 30.1 Å². The predicted molar refractivity (Wildman–Crippen MR) is 180 cm³/mol. The molecule has 0 fully saturated rings. The number of alkyl halides is 3. The first-order chi connectivity index (χ1) is 21.9. The maximum Gasteiger partial charge on any atom is 0.412 e. The molecule has 0 aliphatic carbocycles. The fourth-order valence-corrected chi connectivity index (χ4v) is 3.99. The van der Waals surface area contributed by atoms with Crippen molar-refractivity contribution in [2.75, 3.05) is 37.8 Å². The van der Waals surface area contributed by atoms with Crippen molar-refractivity contribution in [2.24, 2.45) is 9.98 Å². The number of hydrogen-bond donors (Lipinski definition) is 3. The molecule has 1 aromatic heterocycles. The van der Waals surface area contributed by atoms with Gasteiger partial charge in [-0.3, -0.25) is 14.8 Å². The molecule has 3 N–H and O–H groups in total. The molecule has 0 aliphatic rings. The van der Waals surface area contributed by atoms with Crippen molar-refractivity contribution >= 4 is 35.8 Å². The molecule has 0 aliphatic heterocycles. The van der Waals surface area contributed by atoms with Crippen LogP contribution in [0.4, 0.5) is 30.5 Å². The number of aryl methyl sites for hydroxylation is 1. The Morgan fingerprint density at radius 1 is 1.13 bits per heavy atom. The number of hydrogen-bond acceptors (Lipinski definition) is 7. The summed E-state index contributed by atoms with van der Waals surface area (Å²) in [5.74, 6) is -0.0534. The smallest absolute Gasteiger partial charge is 0.375 e. The average Bonchev–Trinajstić information content (AvgIpc) is 3.03. The fourth-order valence-electron chi connectivity index (χ4n) is 3.99. The minimum absolute atomic E-state index is 0.138. The van der Waals surface area contributed by atoms with Crippen LogP contribution in [-0.2, 0) is 6.42 Å². The highest BCUT2D eigenvalue weighted by Crippen LogP contribution is 2.27. The van der Waals surface area contributed by atoms with Gasteiger partial charge in [0.1, 0.15) is 5.69 Å². The van der Waals surface area contributed by atoms with Crippen LogP contribution >= 0.6 is 0 Å². The SMILES string of the molecule is C=C(/C=C(\C=C(/C)C(F)(F)F)N(C)CC)NC(=O)c1ccc(C)c(N=Cc2nc(NCCc3ccccc3)ncc2NC=NC)c1. The van der Waals surface area contributed by atoms with E-state index in [0.717, 1.165) is 25.0 Å². The molecule has 0 unspecified atom stereocenters. The second-order valence-corrected chi connectivity index (χ2v) is 10.3. The van der Waals surface area contributed by atoms with Crippen molar-refractivity contribution in [1.29, 1.82) is 0 Å². The van der Waals surface area contributed by atoms with Crippen molar-refractivity contribution in [3.63, 3.8) is 0 Å². The Morgan fingerprint density at radius 2 is 1.87 bits per heavy atom. The molecule has 242 valence electrons. The molecular weight excluding hydrogens is 593 g/mol. The van der Waals surface area contributed by atoms with E-state index < -0.39 is 17.7 Å². The lowest BCUT2D eigenvalue weighted by Gasteiger charge is -2.20. The number of carbonyl (C=O) groups is 1. The van der Waals surface area contributed by atoms with Crippen LogP contribution < -0.4 is 16.0 Å². The predicted octanol–water partition coefficient (Wildman–Crippen LogP) is 6.85. The van der Waals surface area contributed by atoms with Gasteiger partial charge in [-0.05, 0) is 62.6 Å². The summed E-state index contributed by atoms with van der Waals surface area (Å²) in [6.45, 7) is 9.58. The van der Waals surface area contributed by atoms with Crippen molar-refractivity contribution in [2.45, 2.75) is 33.4 Å². The number of aliphatic imine (C=N–C) groups is 2. The molecule has 3 aromatic rings. The Labute approximate surface area is 267 Å². The van der Waals surface area contributed by atoms with Crippen LogP contribution in [0.1, 0.15) is 41.0 Å². The maximum absolute atomic E-state index is 13.2. The summed E-state index contributed by atoms with van der Waals surface area (Å²) in [6, 6.07) is 15.1. The van der Waals surface area contributed by atoms with Crippen LogP contribution in [0.15, 0.2) is 100 Å². The molecule has 0 radical (unpaired) electrons. The van der Waals surface area contributed by atoms with Gasteiger partial charge in [0.2, 0.25) is 5.95 Å². The molecule has 12 heteroatoms. The Bertz CT molecular complexity index is 1630. The summed E-state index contributed by atoms with van der Waals surface area (Å²) in [5, 5.41) is 8.93. The topological polar surface area (TPSA) is 107 Å². The first-order valence-electron chi connectivity index (χ1n) is 14.6. The number of benzene rings is 2. The molecule has 2 aromatic carbocycles. The zero-order chi connectivity index (χ0) is 33.7. The van der Waals surface area contributed by atoms with Crippen LogP contribution in [0.25, 0.3) is 0 Å². The summed E-state index contributed by atoms with van der Waals surface area (Å²) in [6.07, 6.45) is 3.47. The molecule has 1 heterocycles. The molecule has 0 saturated carbocycles. The zero-order valence-electron chi connectivity index (χ0n) is 26.6. The van der Waals surface area contributed by atoms with Crippen molar-refractivity contribution in [3.05, 3.63) is 113 Å². The van der Waals surface area contributed by atoms with Gasteiger partial charge in [0, 0.05) is 49.7 Å². The number of amides is 1. The lowest BCUT2D eigenvalue weighted by atomic mass is 10.1. The average molecular weight is 633 g/mol. The van der Waals surface area contributed by atoms with E-state index in [0.29, 0.717) is 41.7 Å². The van der Waals surface area contributed by atoms with Crippen LogP contribution in [0.2, 0.25) is 0 Å². The lowest BCUT2D eigenvalue weighted by Crippen LogP contribution is -2.23. The minimum atomic E-state index is -4.47. The van der Waals surface area contributed by atoms with E-state index in [9.17, 15) is 18.0 Å². The van der Waals surface area contributed by atoms with Gasteiger partial charge in [-0.2, -0.15) is 13.2 Å². The Morgan fingerprint density at radius 3 is 2.54 bits per heavy atom. The molecule has 46 heavy (non-hydrogen) atoms. The third-order valence-electron chi connectivity index (χ3n) is 6.83. The third kappa shape index (κ3) is 10.7. The fraction of sp³-hybridized carbons (Fsp3) is 0.265. The van der Waals surface area contributed by atoms with Crippen molar-refractivity contribution in [3.8, 4) is 0 Å². The van der Waals surface area contributed by atoms with Gasteiger partial charge in [0.15, 0.2) is 0 Å². The van der Waals surface area contributed by atoms with E-state index in [4.69, 9.17) is 0 Å². The maximum atomic E-state index is 13.2. The quantitative estimate of drug-likeness (QED) is 0.102. The van der Waals surface area contributed by atoms with Crippen LogP contribution in [0.3, 0.4) is 0 Å². The summed E-state index contributed by atoms with van der Waals surface area (Å²) in [7, 11) is 3.29. The second kappa shape index (κ2) is 16.7. The molecule has 0 spiro atoms. The monoisotopic (exact) mass is 632 g/mol. The highest BCUT2D eigenvalue weighted by Gasteiger charge is 2.30. The van der Waals surface area contributed by atoms with Crippen LogP contribution in [-0.4, -0.2) is 66.7 Å². The van der Waals surface area contributed by atoms with Gasteiger partial charge in [-0.25, -0.2) is 9.97 Å². The largest absolute Gasteiger partial charge is 0.412 e. The second-order valence-electron chi connectivity index (χ2n) is 10.3. The Balaban J connectivity index is 1.80. The summed E-state index contributed by atoms with van der Waals surface area (Å²) in [5.41, 5.74) is 3.53. The molecule has 0 bridgehead atoms. The summed E-state index contributed by atoms with van der Waals surface area (Å²) >= 11 is 0. The first kappa shape index (κ1) is 35.2. The number of nitrogens with one attached hydrogen (secondary N) is 3. The molecule has 3 rings (SSSR count). The molecule has 0 saturated heterocycles. The Kier molecular flexibility index (Phi) is 12.8. The van der Waals surface area contributed by atoms with E-state index in [2.05, 4.69) is 54.6 Å². The summed E-state index contributed by atoms with van der Waals surface area (Å²) in [4.78, 5) is 32.3. The highest BCUT2D eigenvalue weighted by atomic mass is 19.4. The highest BCUT2D eigenvalue weighted by molar-refractivity contribution is 5.97. The number of anilines is 2. The van der Waals surface area contributed by atoms with Gasteiger partial charge in [-0.15, -0.1) is 0 Å². The normalized spacial score (nSPS) is 12.4. The van der Waals surface area contributed by atoms with Crippen LogP contribution in [0, 0.1) is 6.92 Å². The van der Waals surface area contributed by atoms with Gasteiger partial charge in [-0.1, -0.05) is 43.0 Å². The van der Waals surface area contributed by atoms with Crippen LogP contribution in [0.5, 0.6) is 0 Å². The molecule has 1 amide bonds. The van der Waals surface area contributed by atoms with E-state index in [-0.39, 0.29) is 11.4 Å². The summed E-state index contributed by atoms with van der Waals surface area (Å²) < 4.78 is 39.5. The number of rotatable bonds is 14. The number of halogens is 3. The first-order valence-corrected chi connectivity index (χ1v) is 14.6. The van der Waals surface area contributed by atoms with E-state index >= 15 is 0 Å². The number of nitrogens with zero attached hydrogens (tertiary/aromatic N) is 5. The number of likely N-dealkylation sites (N-methyl/N-ethyl adjacent to an activating group) is 1. The van der Waals surface area contributed by atoms with E-state index in [1.807, 2.05) is 32.0 Å². The van der Waals surface area contributed by atoms with Gasteiger partial charge in [0.25, 0.3) is 5.91 Å². The third-order valence-corrected chi connectivity index (χ3v) is 6.83. The van der Waals surface area contributed by atoms with Crippen molar-refractivity contribution < 1.29 is 18.0 Å². The Hall–Kier alpha value is -5.26. The minimum Gasteiger partial charge on any atom is -0.375 e. The van der Waals surface area contributed by atoms with Gasteiger partial charge >= 0.3 is 6.18 Å². The molecular formula is C34H39F3N8O. The molecule has 0 atom stereocenters. The number of allylic oxidation sites excluding steroid dienone is 3. The zero-order valence-corrected chi connectivity index (χ0v) is 26.6. The number of aromatic nitrogens is 2. The van der Waals surface area contributed by atoms with Crippen molar-refractivity contribution in [1.82, 2.24) is 20.2 Å². The standard InChI is InChI=1S/C34H39F3N8O/c1-7-45(6)28(17-24(3)34(35,36)37)18-25(4)43-32(46)27-14-13-23(2)29(19-27)40-21-31-30(42-22-38-5)20-41-33(44-31)39-16-15-26-11-9-8-10-12-26/h8-14,17-22H,4,7,15-16H2,1-3,5-6H3,(H,38,42)(H,43,46)(H,39,41,44)/b24-17+,28-18+,40-21?. The lowest BCUT2D eigenvalue weighted by molar-refractivity contribution is -0.0914.